The van der Waals surface area contributed by atoms with Crippen molar-refractivity contribution >= 4 is 34.1 Å². The average molecular weight is 713 g/mol. The van der Waals surface area contributed by atoms with Crippen LogP contribution in [0.1, 0.15) is 50.2 Å². The van der Waals surface area contributed by atoms with Gasteiger partial charge in [-0.2, -0.15) is 23.1 Å². The van der Waals surface area contributed by atoms with Gasteiger partial charge in [-0.15, -0.1) is 0 Å². The van der Waals surface area contributed by atoms with Gasteiger partial charge in [0.2, 0.25) is 0 Å². The van der Waals surface area contributed by atoms with Crippen LogP contribution in [0.2, 0.25) is 5.02 Å². The molecule has 1 aromatic carbocycles. The van der Waals surface area contributed by atoms with Crippen LogP contribution in [-0.4, -0.2) is 76.8 Å². The molecule has 7 rings (SSSR count). The molecule has 2 saturated heterocycles. The van der Waals surface area contributed by atoms with E-state index in [1.165, 1.54) is 25.3 Å². The molecular formula is C32H35ClF6N8O2. The number of allylic oxidation sites excluding steroid dienone is 1. The van der Waals surface area contributed by atoms with Crippen molar-refractivity contribution in [1.29, 1.82) is 0 Å². The Balaban J connectivity index is 1.37. The van der Waals surface area contributed by atoms with Crippen LogP contribution in [0, 0.1) is 11.2 Å². The summed E-state index contributed by atoms with van der Waals surface area (Å²) in [4.78, 5) is 14.8. The maximum Gasteiger partial charge on any atom is 0.414 e. The van der Waals surface area contributed by atoms with Gasteiger partial charge in [0.1, 0.15) is 42.2 Å². The van der Waals surface area contributed by atoms with Crippen LogP contribution in [0.5, 0.6) is 11.8 Å². The third-order valence-corrected chi connectivity index (χ3v) is 11.1. The Kier molecular flexibility index (Phi) is 8.02. The Bertz CT molecular complexity index is 1850. The molecule has 49 heavy (non-hydrogen) atoms. The fourth-order valence-corrected chi connectivity index (χ4v) is 8.49. The number of benzene rings is 1. The number of hydrogen-bond donors (Lipinski definition) is 4. The highest BCUT2D eigenvalue weighted by Gasteiger charge is 2.63. The van der Waals surface area contributed by atoms with Crippen molar-refractivity contribution in [2.45, 2.75) is 68.7 Å². The summed E-state index contributed by atoms with van der Waals surface area (Å²) in [5.74, 6) is -2.60. The zero-order valence-electron chi connectivity index (χ0n) is 26.6. The minimum Gasteiger partial charge on any atom is -0.489 e. The van der Waals surface area contributed by atoms with E-state index in [2.05, 4.69) is 25.6 Å². The van der Waals surface area contributed by atoms with Gasteiger partial charge in [0.25, 0.3) is 0 Å². The van der Waals surface area contributed by atoms with Crippen LogP contribution in [0.25, 0.3) is 10.9 Å². The number of nitrogens with one attached hydrogen (secondary N) is 2. The fourth-order valence-electron chi connectivity index (χ4n) is 8.10. The normalized spacial score (nSPS) is 30.5. The van der Waals surface area contributed by atoms with Crippen LogP contribution in [0.3, 0.4) is 0 Å². The van der Waals surface area contributed by atoms with E-state index < -0.39 is 68.5 Å². The van der Waals surface area contributed by atoms with Crippen molar-refractivity contribution in [3.8, 4) is 11.8 Å². The Morgan fingerprint density at radius 2 is 2.04 bits per heavy atom. The topological polar surface area (TPSA) is 136 Å². The van der Waals surface area contributed by atoms with Crippen molar-refractivity contribution in [2.24, 2.45) is 11.1 Å². The largest absolute Gasteiger partial charge is 0.489 e. The number of aromatic nitrogens is 3. The predicted octanol–water partition coefficient (Wildman–Crippen LogP) is 5.47. The van der Waals surface area contributed by atoms with Crippen LogP contribution >= 0.6 is 11.6 Å². The summed E-state index contributed by atoms with van der Waals surface area (Å²) < 4.78 is 104. The summed E-state index contributed by atoms with van der Waals surface area (Å²) in [5, 5.41) is 4.89. The predicted molar refractivity (Wildman–Crippen MR) is 170 cm³/mol. The number of ether oxygens (including phenoxy) is 2. The zero-order chi connectivity index (χ0) is 35.1. The second kappa shape index (κ2) is 11.7. The number of nitrogens with two attached hydrogens (primary N) is 2. The Hall–Kier alpha value is -3.76. The molecule has 2 aromatic heterocycles. The lowest BCUT2D eigenvalue weighted by molar-refractivity contribution is -0.126. The lowest BCUT2D eigenvalue weighted by Gasteiger charge is -2.51. The molecule has 6 atom stereocenters. The van der Waals surface area contributed by atoms with E-state index in [-0.39, 0.29) is 67.1 Å². The van der Waals surface area contributed by atoms with Crippen molar-refractivity contribution in [2.75, 3.05) is 43.9 Å². The van der Waals surface area contributed by atoms with Crippen LogP contribution in [-0.2, 0) is 5.66 Å². The van der Waals surface area contributed by atoms with Crippen LogP contribution in [0.15, 0.2) is 30.1 Å². The van der Waals surface area contributed by atoms with Gasteiger partial charge in [-0.1, -0.05) is 31.5 Å². The summed E-state index contributed by atoms with van der Waals surface area (Å²) in [6.07, 6.45) is -4.96. The van der Waals surface area contributed by atoms with Gasteiger partial charge in [0.15, 0.2) is 17.7 Å². The number of halogens is 7. The van der Waals surface area contributed by atoms with Gasteiger partial charge in [0, 0.05) is 30.8 Å². The summed E-state index contributed by atoms with van der Waals surface area (Å²) in [6.45, 7) is 3.69. The quantitative estimate of drug-likeness (QED) is 0.244. The third kappa shape index (κ3) is 5.11. The number of nitrogen functional groups attached to an aromatic ring is 1. The summed E-state index contributed by atoms with van der Waals surface area (Å²) in [7, 11) is 0. The molecule has 6 N–H and O–H groups in total. The standard InChI is InChI=1S/C32H35ClF6N8O2/c1-15(17-5-3-7-42-25(17)40)29(2)18(32(37,38)39)12-44-31(41,27(29)36)20-21(33)24-19-23(22(20)35)45-28(46-26(19)43-8-10-48-24)49-14-30-6-4-9-47(30)13-16(34)11-30/h3,5,7,12,15-16,27,44H,4,6,8-11,13-14,41H2,1-2H3,(H2,40,42)(H,43,45,46)/t15-,16-,27?,29?,30+,31+/m1/s1. The van der Waals surface area contributed by atoms with Crippen molar-refractivity contribution in [3.05, 3.63) is 52.1 Å². The van der Waals surface area contributed by atoms with E-state index in [1.54, 1.807) is 0 Å². The molecule has 17 heteroatoms. The average Bonchev–Trinajstić information content (AvgIpc) is 3.47. The van der Waals surface area contributed by atoms with Crippen LogP contribution < -0.4 is 31.6 Å². The smallest absolute Gasteiger partial charge is 0.414 e. The van der Waals surface area contributed by atoms with Gasteiger partial charge >= 0.3 is 12.2 Å². The van der Waals surface area contributed by atoms with Gasteiger partial charge in [0.05, 0.1) is 33.6 Å². The number of nitrogens with zero attached hydrogens (tertiary/aromatic N) is 4. The first-order valence-corrected chi connectivity index (χ1v) is 16.3. The molecule has 2 unspecified atom stereocenters. The molecule has 0 spiro atoms. The van der Waals surface area contributed by atoms with E-state index in [1.807, 2.05) is 4.90 Å². The van der Waals surface area contributed by atoms with Gasteiger partial charge in [-0.25, -0.2) is 18.2 Å². The van der Waals surface area contributed by atoms with Gasteiger partial charge in [-0.05, 0) is 36.9 Å². The second-order valence-corrected chi connectivity index (χ2v) is 13.8. The highest BCUT2D eigenvalue weighted by molar-refractivity contribution is 6.34. The fraction of sp³-hybridized carbons (Fsp3) is 0.531. The SMILES string of the molecule is C[C@H](c1cccnc1N)C1(C)C(C(F)(F)F)=CN[C@@](N)(c2c(Cl)c3c4c(nc(OC[C@@]56CCCN5C[C@H](F)C6)nc4c2F)NCCO3)C1F. The minimum absolute atomic E-state index is 0.0135. The Morgan fingerprint density at radius 3 is 2.78 bits per heavy atom. The first kappa shape index (κ1) is 33.7. The summed E-state index contributed by atoms with van der Waals surface area (Å²) in [6, 6.07) is 2.67. The highest BCUT2D eigenvalue weighted by Crippen LogP contribution is 2.58. The first-order valence-electron chi connectivity index (χ1n) is 15.9. The molecule has 3 aromatic rings. The van der Waals surface area contributed by atoms with E-state index in [9.17, 15) is 17.6 Å². The number of pyridine rings is 1. The van der Waals surface area contributed by atoms with E-state index in [4.69, 9.17) is 32.5 Å². The highest BCUT2D eigenvalue weighted by atomic mass is 35.5. The molecule has 10 nitrogen and oxygen atoms in total. The van der Waals surface area contributed by atoms with E-state index in [0.717, 1.165) is 19.9 Å². The minimum atomic E-state index is -5.02. The number of hydrogen-bond acceptors (Lipinski definition) is 10. The lowest BCUT2D eigenvalue weighted by atomic mass is 9.61. The van der Waals surface area contributed by atoms with Crippen molar-refractivity contribution in [1.82, 2.24) is 25.2 Å². The molecule has 4 aliphatic rings. The van der Waals surface area contributed by atoms with Crippen LogP contribution in [0.4, 0.5) is 38.0 Å². The monoisotopic (exact) mass is 712 g/mol. The summed E-state index contributed by atoms with van der Waals surface area (Å²) in [5.41, 5.74) is 4.77. The second-order valence-electron chi connectivity index (χ2n) is 13.5. The first-order chi connectivity index (χ1) is 23.1. The van der Waals surface area contributed by atoms with Crippen molar-refractivity contribution in [3.63, 3.8) is 0 Å². The third-order valence-electron chi connectivity index (χ3n) is 10.8. The maximum atomic E-state index is 17.4. The molecule has 4 aliphatic heterocycles. The van der Waals surface area contributed by atoms with Gasteiger partial charge in [-0.3, -0.25) is 4.90 Å². The molecule has 2 fully saturated rings. The Labute approximate surface area is 282 Å². The van der Waals surface area contributed by atoms with E-state index >= 15 is 8.78 Å². The number of fused-ring (bicyclic) bond motifs is 1. The zero-order valence-corrected chi connectivity index (χ0v) is 27.4. The Morgan fingerprint density at radius 1 is 1.27 bits per heavy atom. The molecule has 0 aliphatic carbocycles. The lowest BCUT2D eigenvalue weighted by Crippen LogP contribution is -2.66. The van der Waals surface area contributed by atoms with E-state index in [0.29, 0.717) is 12.6 Å². The van der Waals surface area contributed by atoms with Crippen molar-refractivity contribution < 1.29 is 35.8 Å². The summed E-state index contributed by atoms with van der Waals surface area (Å²) >= 11 is 6.78. The van der Waals surface area contributed by atoms with Gasteiger partial charge < -0.3 is 31.6 Å². The molecule has 264 valence electrons. The molecule has 0 bridgehead atoms. The number of alkyl halides is 5. The number of rotatable bonds is 6. The molecule has 0 radical (unpaired) electrons. The maximum absolute atomic E-state index is 17.4. The molecular weight excluding hydrogens is 678 g/mol. The molecule has 0 amide bonds. The molecule has 0 saturated carbocycles. The molecule has 6 heterocycles. The number of anilines is 2.